The number of amides is 1. The maximum atomic E-state index is 13.2. The van der Waals surface area contributed by atoms with Gasteiger partial charge in [-0.05, 0) is 42.3 Å². The summed E-state index contributed by atoms with van der Waals surface area (Å²) in [7, 11) is 0. The molecule has 0 radical (unpaired) electrons. The summed E-state index contributed by atoms with van der Waals surface area (Å²) in [5.41, 5.74) is 4.17. The third kappa shape index (κ3) is 3.51. The van der Waals surface area contributed by atoms with Crippen LogP contribution in [0, 0.1) is 0 Å². The fraction of sp³-hybridized carbons (Fsp3) is 0.0909. The number of halogens is 1. The van der Waals surface area contributed by atoms with E-state index in [2.05, 4.69) is 21.2 Å². The number of nitrogens with one attached hydrogen (secondary N) is 1. The van der Waals surface area contributed by atoms with Crippen molar-refractivity contribution in [3.63, 3.8) is 0 Å². The van der Waals surface area contributed by atoms with E-state index in [0.29, 0.717) is 5.56 Å². The summed E-state index contributed by atoms with van der Waals surface area (Å²) in [5.74, 6) is -0.118. The number of para-hydroxylation sites is 1. The minimum absolute atomic E-state index is 0.118. The number of nitrogens with zero attached hydrogens (tertiary/aromatic N) is 2. The van der Waals surface area contributed by atoms with Crippen molar-refractivity contribution in [1.82, 2.24) is 5.01 Å². The second-order valence-corrected chi connectivity index (χ2v) is 7.26. The summed E-state index contributed by atoms with van der Waals surface area (Å²) in [6.07, 6.45) is -0.376. The van der Waals surface area contributed by atoms with E-state index in [4.69, 9.17) is 5.10 Å². The quantitative estimate of drug-likeness (QED) is 0.574. The van der Waals surface area contributed by atoms with Crippen LogP contribution in [0.3, 0.4) is 0 Å². The van der Waals surface area contributed by atoms with Crippen LogP contribution >= 0.6 is 15.9 Å². The molecule has 1 atom stereocenters. The molecule has 27 heavy (non-hydrogen) atoms. The van der Waals surface area contributed by atoms with Gasteiger partial charge in [-0.1, -0.05) is 70.5 Å². The van der Waals surface area contributed by atoms with E-state index in [1.165, 1.54) is 5.01 Å². The Balaban J connectivity index is 1.79. The van der Waals surface area contributed by atoms with Crippen molar-refractivity contribution in [3.8, 4) is 0 Å². The molecule has 0 unspecified atom stereocenters. The highest BCUT2D eigenvalue weighted by Crippen LogP contribution is 2.34. The highest BCUT2D eigenvalue weighted by atomic mass is 79.9. The molecule has 1 heterocycles. The molecule has 1 amide bonds. The molecule has 0 bridgehead atoms. The Bertz CT molecular complexity index is 1000. The molecule has 0 spiro atoms. The van der Waals surface area contributed by atoms with Gasteiger partial charge in [0, 0.05) is 10.2 Å². The normalized spacial score (nSPS) is 16.7. The third-order valence-corrected chi connectivity index (χ3v) is 5.07. The first-order valence-electron chi connectivity index (χ1n) is 8.69. The topological polar surface area (TPSA) is 44.7 Å². The van der Waals surface area contributed by atoms with Crippen molar-refractivity contribution in [1.29, 1.82) is 0 Å². The maximum absolute atomic E-state index is 13.2. The second kappa shape index (κ2) is 7.37. The van der Waals surface area contributed by atoms with Gasteiger partial charge < -0.3 is 5.32 Å². The Morgan fingerprint density at radius 1 is 0.963 bits per heavy atom. The molecule has 3 aromatic carbocycles. The molecule has 0 saturated carbocycles. The molecule has 5 heteroatoms. The number of hydrogen-bond donors (Lipinski definition) is 1. The van der Waals surface area contributed by atoms with Gasteiger partial charge >= 0.3 is 0 Å². The van der Waals surface area contributed by atoms with E-state index in [9.17, 15) is 4.79 Å². The van der Waals surface area contributed by atoms with Crippen LogP contribution in [0.2, 0.25) is 0 Å². The van der Waals surface area contributed by atoms with Gasteiger partial charge in [0.2, 0.25) is 0 Å². The van der Waals surface area contributed by atoms with Crippen molar-refractivity contribution >= 4 is 33.2 Å². The zero-order valence-electron chi connectivity index (χ0n) is 14.8. The zero-order valence-corrected chi connectivity index (χ0v) is 16.3. The van der Waals surface area contributed by atoms with Crippen LogP contribution in [-0.4, -0.2) is 16.6 Å². The molecule has 1 aliphatic heterocycles. The predicted octanol–water partition coefficient (Wildman–Crippen LogP) is 5.44. The van der Waals surface area contributed by atoms with Gasteiger partial charge in [-0.15, -0.1) is 0 Å². The van der Waals surface area contributed by atoms with Gasteiger partial charge in [-0.2, -0.15) is 5.10 Å². The largest absolute Gasteiger partial charge is 0.359 e. The standard InChI is InChI=1S/C22H18BrN3O/c1-15(16-7-3-2-4-8-16)25-26-21(17-11-13-18(23)14-12-17)24-20-10-6-5-9-19(20)22(26)27/h2-14,21,24H,1H3/b25-15-/t21-/m0/s1. The molecule has 0 aliphatic carbocycles. The van der Waals surface area contributed by atoms with E-state index in [0.717, 1.165) is 27.0 Å². The number of rotatable bonds is 3. The van der Waals surface area contributed by atoms with Crippen LogP contribution in [0.25, 0.3) is 0 Å². The summed E-state index contributed by atoms with van der Waals surface area (Å²) in [5, 5.41) is 9.68. The SMILES string of the molecule is C/C(=N/N1C(=O)c2ccccc2N[C@@H]1c1ccc(Br)cc1)c1ccccc1. The fourth-order valence-corrected chi connectivity index (χ4v) is 3.38. The first-order valence-corrected chi connectivity index (χ1v) is 9.48. The first kappa shape index (κ1) is 17.5. The molecule has 1 N–H and O–H groups in total. The molecular weight excluding hydrogens is 402 g/mol. The maximum Gasteiger partial charge on any atom is 0.278 e. The lowest BCUT2D eigenvalue weighted by Crippen LogP contribution is -2.40. The number of fused-ring (bicyclic) bond motifs is 1. The molecule has 0 aromatic heterocycles. The van der Waals surface area contributed by atoms with Crippen LogP contribution in [0.15, 0.2) is 88.4 Å². The first-order chi connectivity index (χ1) is 13.1. The second-order valence-electron chi connectivity index (χ2n) is 6.35. The Hall–Kier alpha value is -2.92. The Kier molecular flexibility index (Phi) is 4.77. The van der Waals surface area contributed by atoms with Crippen LogP contribution < -0.4 is 5.32 Å². The summed E-state index contributed by atoms with van der Waals surface area (Å²) in [4.78, 5) is 13.2. The van der Waals surface area contributed by atoms with Gasteiger partial charge in [-0.25, -0.2) is 5.01 Å². The van der Waals surface area contributed by atoms with E-state index >= 15 is 0 Å². The highest BCUT2D eigenvalue weighted by Gasteiger charge is 2.33. The lowest BCUT2D eigenvalue weighted by atomic mass is 10.0. The molecule has 0 fully saturated rings. The van der Waals surface area contributed by atoms with Crippen molar-refractivity contribution in [3.05, 3.63) is 100 Å². The van der Waals surface area contributed by atoms with Gasteiger partial charge in [0.25, 0.3) is 5.91 Å². The number of benzene rings is 3. The van der Waals surface area contributed by atoms with Crippen molar-refractivity contribution in [2.45, 2.75) is 13.1 Å². The van der Waals surface area contributed by atoms with E-state index in [1.807, 2.05) is 85.8 Å². The Morgan fingerprint density at radius 2 is 1.63 bits per heavy atom. The minimum atomic E-state index is -0.376. The monoisotopic (exact) mass is 419 g/mol. The summed E-state index contributed by atoms with van der Waals surface area (Å²) in [6.45, 7) is 1.92. The van der Waals surface area contributed by atoms with Crippen molar-refractivity contribution in [2.75, 3.05) is 5.32 Å². The fourth-order valence-electron chi connectivity index (χ4n) is 3.12. The Labute approximate surface area is 166 Å². The highest BCUT2D eigenvalue weighted by molar-refractivity contribution is 9.10. The summed E-state index contributed by atoms with van der Waals surface area (Å²) >= 11 is 3.46. The van der Waals surface area contributed by atoms with Crippen LogP contribution in [0.4, 0.5) is 5.69 Å². The molecule has 4 rings (SSSR count). The third-order valence-electron chi connectivity index (χ3n) is 4.54. The average molecular weight is 420 g/mol. The smallest absolute Gasteiger partial charge is 0.278 e. The summed E-state index contributed by atoms with van der Waals surface area (Å²) in [6, 6.07) is 25.3. The minimum Gasteiger partial charge on any atom is -0.359 e. The molecule has 3 aromatic rings. The number of hydrogen-bond acceptors (Lipinski definition) is 3. The van der Waals surface area contributed by atoms with E-state index < -0.39 is 0 Å². The van der Waals surface area contributed by atoms with Crippen LogP contribution in [-0.2, 0) is 0 Å². The van der Waals surface area contributed by atoms with Gasteiger partial charge in [0.1, 0.15) is 0 Å². The molecular formula is C22H18BrN3O. The van der Waals surface area contributed by atoms with E-state index in [1.54, 1.807) is 0 Å². The average Bonchev–Trinajstić information content (AvgIpc) is 2.71. The lowest BCUT2D eigenvalue weighted by Gasteiger charge is -2.35. The van der Waals surface area contributed by atoms with E-state index in [-0.39, 0.29) is 12.1 Å². The summed E-state index contributed by atoms with van der Waals surface area (Å²) < 4.78 is 0.990. The predicted molar refractivity (Wildman–Crippen MR) is 112 cm³/mol. The number of carbonyl (C=O) groups excluding carboxylic acids is 1. The zero-order chi connectivity index (χ0) is 18.8. The number of anilines is 1. The molecule has 0 saturated heterocycles. The number of carbonyl (C=O) groups is 1. The molecule has 1 aliphatic rings. The van der Waals surface area contributed by atoms with Crippen LogP contribution in [0.1, 0.15) is 34.6 Å². The van der Waals surface area contributed by atoms with Gasteiger partial charge in [0.15, 0.2) is 6.17 Å². The van der Waals surface area contributed by atoms with Gasteiger partial charge in [0.05, 0.1) is 11.3 Å². The van der Waals surface area contributed by atoms with Crippen LogP contribution in [0.5, 0.6) is 0 Å². The lowest BCUT2D eigenvalue weighted by molar-refractivity contribution is 0.0690. The number of hydrazone groups is 1. The molecule has 134 valence electrons. The van der Waals surface area contributed by atoms with Crippen molar-refractivity contribution < 1.29 is 4.79 Å². The Morgan fingerprint density at radius 3 is 2.37 bits per heavy atom. The van der Waals surface area contributed by atoms with Crippen molar-refractivity contribution in [2.24, 2.45) is 5.10 Å². The van der Waals surface area contributed by atoms with Gasteiger partial charge in [-0.3, -0.25) is 4.79 Å². The molecule has 4 nitrogen and oxygen atoms in total.